The maximum atomic E-state index is 12.9. The highest BCUT2D eigenvalue weighted by atomic mass is 32.2. The minimum Gasteiger partial charge on any atom is -0.356 e. The topological polar surface area (TPSA) is 66.5 Å². The van der Waals surface area contributed by atoms with E-state index in [0.29, 0.717) is 38.9 Å². The molecule has 0 radical (unpaired) electrons. The largest absolute Gasteiger partial charge is 0.356 e. The second-order valence-electron chi connectivity index (χ2n) is 7.52. The third-order valence-corrected chi connectivity index (χ3v) is 7.27. The van der Waals surface area contributed by atoms with Crippen LogP contribution in [0, 0.1) is 18.7 Å². The molecule has 1 saturated heterocycles. The van der Waals surface area contributed by atoms with Crippen LogP contribution in [0.4, 0.5) is 4.39 Å². The molecule has 1 aliphatic rings. The lowest BCUT2D eigenvalue weighted by Crippen LogP contribution is -2.43. The first kappa shape index (κ1) is 21.5. The molecule has 7 heteroatoms. The zero-order valence-electron chi connectivity index (χ0n) is 16.6. The van der Waals surface area contributed by atoms with Gasteiger partial charge >= 0.3 is 0 Å². The summed E-state index contributed by atoms with van der Waals surface area (Å²) in [6.07, 6.45) is 1.68. The molecule has 0 bridgehead atoms. The molecule has 29 heavy (non-hydrogen) atoms. The van der Waals surface area contributed by atoms with Crippen LogP contribution in [0.1, 0.15) is 29.5 Å². The summed E-state index contributed by atoms with van der Waals surface area (Å²) in [5, 5.41) is 2.92. The fourth-order valence-corrected chi connectivity index (χ4v) is 5.25. The number of piperidine rings is 1. The number of sulfonamides is 1. The Balaban J connectivity index is 1.46. The lowest BCUT2D eigenvalue weighted by atomic mass is 9.97. The molecule has 0 aliphatic carbocycles. The Morgan fingerprint density at radius 3 is 2.41 bits per heavy atom. The molecule has 0 spiro atoms. The van der Waals surface area contributed by atoms with Crippen molar-refractivity contribution in [2.45, 2.75) is 31.9 Å². The van der Waals surface area contributed by atoms with Crippen molar-refractivity contribution in [2.24, 2.45) is 5.92 Å². The Morgan fingerprint density at radius 2 is 1.76 bits per heavy atom. The van der Waals surface area contributed by atoms with Gasteiger partial charge in [-0.15, -0.1) is 0 Å². The molecule has 1 N–H and O–H groups in total. The summed E-state index contributed by atoms with van der Waals surface area (Å²) in [7, 11) is -3.39. The summed E-state index contributed by atoms with van der Waals surface area (Å²) in [6, 6.07) is 13.7. The molecule has 3 rings (SSSR count). The van der Waals surface area contributed by atoms with E-state index in [-0.39, 0.29) is 23.4 Å². The highest BCUT2D eigenvalue weighted by Crippen LogP contribution is 2.22. The zero-order chi connectivity index (χ0) is 20.9. The molecule has 0 aromatic heterocycles. The molecule has 1 heterocycles. The molecule has 0 unspecified atom stereocenters. The van der Waals surface area contributed by atoms with Crippen molar-refractivity contribution in [3.63, 3.8) is 0 Å². The summed E-state index contributed by atoms with van der Waals surface area (Å²) >= 11 is 0. The van der Waals surface area contributed by atoms with Crippen molar-refractivity contribution in [2.75, 3.05) is 19.6 Å². The van der Waals surface area contributed by atoms with E-state index in [1.165, 1.54) is 16.4 Å². The van der Waals surface area contributed by atoms with Crippen molar-refractivity contribution in [3.8, 4) is 0 Å². The van der Waals surface area contributed by atoms with Crippen molar-refractivity contribution >= 4 is 15.9 Å². The van der Waals surface area contributed by atoms with Gasteiger partial charge in [-0.3, -0.25) is 4.79 Å². The van der Waals surface area contributed by atoms with Crippen molar-refractivity contribution in [3.05, 3.63) is 71.0 Å². The number of hydrogen-bond acceptors (Lipinski definition) is 3. The number of amides is 1. The van der Waals surface area contributed by atoms with Crippen LogP contribution in [-0.4, -0.2) is 38.3 Å². The van der Waals surface area contributed by atoms with Gasteiger partial charge < -0.3 is 5.32 Å². The van der Waals surface area contributed by atoms with Crippen LogP contribution >= 0.6 is 0 Å². The van der Waals surface area contributed by atoms with Gasteiger partial charge in [-0.2, -0.15) is 0 Å². The molecule has 2 aromatic carbocycles. The maximum Gasteiger partial charge on any atom is 0.223 e. The first-order valence-corrected chi connectivity index (χ1v) is 11.5. The van der Waals surface area contributed by atoms with E-state index < -0.39 is 10.0 Å². The SMILES string of the molecule is Cc1ccccc1CS(=O)(=O)N1CCC(C(=O)NCCc2ccc(F)cc2)CC1. The number of rotatable bonds is 7. The maximum absolute atomic E-state index is 12.9. The molecular formula is C22H27FN2O3S. The summed E-state index contributed by atoms with van der Waals surface area (Å²) < 4.78 is 39.9. The fourth-order valence-electron chi connectivity index (χ4n) is 3.58. The lowest BCUT2D eigenvalue weighted by Gasteiger charge is -2.30. The molecule has 0 saturated carbocycles. The van der Waals surface area contributed by atoms with Gasteiger partial charge in [0, 0.05) is 25.6 Å². The van der Waals surface area contributed by atoms with E-state index in [4.69, 9.17) is 0 Å². The number of nitrogens with one attached hydrogen (secondary N) is 1. The van der Waals surface area contributed by atoms with Gasteiger partial charge in [-0.1, -0.05) is 36.4 Å². The quantitative estimate of drug-likeness (QED) is 0.752. The first-order chi connectivity index (χ1) is 13.8. The van der Waals surface area contributed by atoms with Crippen LogP contribution < -0.4 is 5.32 Å². The second-order valence-corrected chi connectivity index (χ2v) is 9.49. The van der Waals surface area contributed by atoms with E-state index >= 15 is 0 Å². The van der Waals surface area contributed by atoms with Crippen LogP contribution in [0.2, 0.25) is 0 Å². The Kier molecular flexibility index (Phi) is 7.03. The van der Waals surface area contributed by atoms with Crippen molar-refractivity contribution < 1.29 is 17.6 Å². The molecule has 0 atom stereocenters. The lowest BCUT2D eigenvalue weighted by molar-refractivity contribution is -0.126. The average Bonchev–Trinajstić information content (AvgIpc) is 2.71. The number of carbonyl (C=O) groups is 1. The minimum atomic E-state index is -3.39. The van der Waals surface area contributed by atoms with E-state index in [1.807, 2.05) is 31.2 Å². The van der Waals surface area contributed by atoms with E-state index in [2.05, 4.69) is 5.32 Å². The van der Waals surface area contributed by atoms with Gasteiger partial charge in [0.15, 0.2) is 0 Å². The number of aryl methyl sites for hydroxylation is 1. The standard InChI is InChI=1S/C22H27FN2O3S/c1-17-4-2-3-5-20(17)16-29(27,28)25-14-11-19(12-15-25)22(26)24-13-10-18-6-8-21(23)9-7-18/h2-9,19H,10-16H2,1H3,(H,24,26). The van der Waals surface area contributed by atoms with E-state index in [1.54, 1.807) is 12.1 Å². The fraction of sp³-hybridized carbons (Fsp3) is 0.409. The van der Waals surface area contributed by atoms with Gasteiger partial charge in [0.05, 0.1) is 5.75 Å². The second kappa shape index (κ2) is 9.50. The van der Waals surface area contributed by atoms with Crippen molar-refractivity contribution in [1.29, 1.82) is 0 Å². The predicted octanol–water partition coefficient (Wildman–Crippen LogP) is 3.03. The summed E-state index contributed by atoms with van der Waals surface area (Å²) in [6.45, 7) is 3.12. The minimum absolute atomic E-state index is 0.00575. The Bertz CT molecular complexity index is 937. The van der Waals surface area contributed by atoms with Crippen LogP contribution in [0.5, 0.6) is 0 Å². The van der Waals surface area contributed by atoms with Gasteiger partial charge in [0.2, 0.25) is 15.9 Å². The number of benzene rings is 2. The molecule has 2 aromatic rings. The smallest absolute Gasteiger partial charge is 0.223 e. The highest BCUT2D eigenvalue weighted by molar-refractivity contribution is 7.88. The van der Waals surface area contributed by atoms with E-state index in [9.17, 15) is 17.6 Å². The molecule has 5 nitrogen and oxygen atoms in total. The zero-order valence-corrected chi connectivity index (χ0v) is 17.4. The monoisotopic (exact) mass is 418 g/mol. The van der Waals surface area contributed by atoms with Gasteiger partial charge in [-0.05, 0) is 55.0 Å². The summed E-state index contributed by atoms with van der Waals surface area (Å²) in [4.78, 5) is 12.4. The molecule has 1 aliphatic heterocycles. The first-order valence-electron chi connectivity index (χ1n) is 9.89. The summed E-state index contributed by atoms with van der Waals surface area (Å²) in [5.74, 6) is -0.494. The number of halogens is 1. The predicted molar refractivity (Wildman–Crippen MR) is 111 cm³/mol. The number of nitrogens with zero attached hydrogens (tertiary/aromatic N) is 1. The highest BCUT2D eigenvalue weighted by Gasteiger charge is 2.31. The molecule has 156 valence electrons. The normalized spacial score (nSPS) is 15.9. The van der Waals surface area contributed by atoms with Crippen LogP contribution in [-0.2, 0) is 27.0 Å². The third-order valence-electron chi connectivity index (χ3n) is 5.44. The Labute approximate surface area is 172 Å². The average molecular weight is 419 g/mol. The van der Waals surface area contributed by atoms with Gasteiger partial charge in [0.1, 0.15) is 5.82 Å². The molecule has 1 fully saturated rings. The summed E-state index contributed by atoms with van der Waals surface area (Å²) in [5.41, 5.74) is 2.74. The van der Waals surface area contributed by atoms with Crippen LogP contribution in [0.3, 0.4) is 0 Å². The molecule has 1 amide bonds. The molecular weight excluding hydrogens is 391 g/mol. The van der Waals surface area contributed by atoms with Gasteiger partial charge in [-0.25, -0.2) is 17.1 Å². The van der Waals surface area contributed by atoms with Crippen LogP contribution in [0.25, 0.3) is 0 Å². The van der Waals surface area contributed by atoms with Crippen LogP contribution in [0.15, 0.2) is 48.5 Å². The van der Waals surface area contributed by atoms with E-state index in [0.717, 1.165) is 16.7 Å². The van der Waals surface area contributed by atoms with Gasteiger partial charge in [0.25, 0.3) is 0 Å². The Morgan fingerprint density at radius 1 is 1.10 bits per heavy atom. The number of carbonyl (C=O) groups excluding carboxylic acids is 1. The van der Waals surface area contributed by atoms with Crippen molar-refractivity contribution in [1.82, 2.24) is 9.62 Å². The number of hydrogen-bond donors (Lipinski definition) is 1. The Hall–Kier alpha value is -2.25. The third kappa shape index (κ3) is 5.87.